The average Bonchev–Trinajstić information content (AvgIpc) is 2.92. The zero-order valence-electron chi connectivity index (χ0n) is 13.0. The number of nitrogens with one attached hydrogen (secondary N) is 1. The van der Waals surface area contributed by atoms with Gasteiger partial charge in [0.2, 0.25) is 0 Å². The number of aromatic nitrogens is 2. The van der Waals surface area contributed by atoms with Crippen LogP contribution in [0.5, 0.6) is 0 Å². The van der Waals surface area contributed by atoms with Crippen LogP contribution in [-0.2, 0) is 9.53 Å². The van der Waals surface area contributed by atoms with Gasteiger partial charge in [-0.2, -0.15) is 11.8 Å². The molecule has 0 bridgehead atoms. The molecule has 0 aliphatic carbocycles. The van der Waals surface area contributed by atoms with Gasteiger partial charge in [0, 0.05) is 17.3 Å². The topological polar surface area (TPSA) is 89.8 Å². The number of thiazole rings is 1. The second-order valence-corrected chi connectivity index (χ2v) is 6.62. The van der Waals surface area contributed by atoms with Gasteiger partial charge < -0.3 is 10.1 Å². The number of rotatable bonds is 6. The van der Waals surface area contributed by atoms with E-state index in [2.05, 4.69) is 10.3 Å². The van der Waals surface area contributed by atoms with Crippen LogP contribution in [0.1, 0.15) is 22.5 Å². The Kier molecular flexibility index (Phi) is 5.78. The summed E-state index contributed by atoms with van der Waals surface area (Å²) in [6.07, 6.45) is 3.57. The first-order valence-corrected chi connectivity index (χ1v) is 9.10. The highest BCUT2D eigenvalue weighted by Gasteiger charge is 2.24. The molecule has 2 aromatic rings. The molecule has 124 valence electrons. The van der Waals surface area contributed by atoms with Crippen LogP contribution in [0.25, 0.3) is 4.96 Å². The van der Waals surface area contributed by atoms with Crippen LogP contribution < -0.4 is 10.9 Å². The molecule has 1 atom stereocenters. The molecule has 0 spiro atoms. The van der Waals surface area contributed by atoms with Gasteiger partial charge in [-0.1, -0.05) is 0 Å². The van der Waals surface area contributed by atoms with Crippen LogP contribution in [0.4, 0.5) is 0 Å². The van der Waals surface area contributed by atoms with Gasteiger partial charge in [0.15, 0.2) is 4.96 Å². The second kappa shape index (κ2) is 7.60. The van der Waals surface area contributed by atoms with Crippen molar-refractivity contribution in [1.82, 2.24) is 14.7 Å². The van der Waals surface area contributed by atoms with E-state index in [1.165, 1.54) is 29.0 Å². The number of ether oxygens (including phenoxy) is 1. The summed E-state index contributed by atoms with van der Waals surface area (Å²) < 4.78 is 6.08. The van der Waals surface area contributed by atoms with Crippen molar-refractivity contribution in [1.29, 1.82) is 0 Å². The minimum Gasteiger partial charge on any atom is -0.467 e. The largest absolute Gasteiger partial charge is 0.467 e. The minimum atomic E-state index is -0.788. The SMILES string of the molecule is COC(=O)[C@@H](CCSC)NC(=O)c1cnc2scc(C)n2c1=O. The van der Waals surface area contributed by atoms with Crippen LogP contribution in [-0.4, -0.2) is 46.4 Å². The van der Waals surface area contributed by atoms with E-state index >= 15 is 0 Å². The van der Waals surface area contributed by atoms with Crippen LogP contribution in [0.3, 0.4) is 0 Å². The Morgan fingerprint density at radius 3 is 2.91 bits per heavy atom. The molecule has 0 aliphatic heterocycles. The van der Waals surface area contributed by atoms with Gasteiger partial charge in [-0.3, -0.25) is 14.0 Å². The molecule has 23 heavy (non-hydrogen) atoms. The Labute approximate surface area is 141 Å². The molecule has 1 N–H and O–H groups in total. The van der Waals surface area contributed by atoms with Gasteiger partial charge in [0.1, 0.15) is 11.6 Å². The molecule has 2 heterocycles. The van der Waals surface area contributed by atoms with Crippen molar-refractivity contribution in [2.24, 2.45) is 0 Å². The summed E-state index contributed by atoms with van der Waals surface area (Å²) in [5, 5.41) is 4.35. The van der Waals surface area contributed by atoms with E-state index in [1.807, 2.05) is 6.26 Å². The minimum absolute atomic E-state index is 0.0953. The van der Waals surface area contributed by atoms with Crippen LogP contribution in [0, 0.1) is 6.92 Å². The quantitative estimate of drug-likeness (QED) is 0.780. The van der Waals surface area contributed by atoms with Gasteiger partial charge in [-0.15, -0.1) is 11.3 Å². The lowest BCUT2D eigenvalue weighted by molar-refractivity contribution is -0.142. The van der Waals surface area contributed by atoms with Crippen molar-refractivity contribution >= 4 is 39.9 Å². The molecule has 2 aromatic heterocycles. The third-order valence-electron chi connectivity index (χ3n) is 3.26. The Morgan fingerprint density at radius 2 is 2.26 bits per heavy atom. The fourth-order valence-electron chi connectivity index (χ4n) is 2.04. The first-order chi connectivity index (χ1) is 11.0. The zero-order chi connectivity index (χ0) is 17.0. The monoisotopic (exact) mass is 355 g/mol. The molecule has 0 saturated carbocycles. The summed E-state index contributed by atoms with van der Waals surface area (Å²) in [5.74, 6) is -0.479. The van der Waals surface area contributed by atoms with E-state index < -0.39 is 23.5 Å². The number of fused-ring (bicyclic) bond motifs is 1. The van der Waals surface area contributed by atoms with E-state index in [1.54, 1.807) is 24.1 Å². The summed E-state index contributed by atoms with van der Waals surface area (Å²) >= 11 is 2.88. The fourth-order valence-corrected chi connectivity index (χ4v) is 3.34. The average molecular weight is 355 g/mol. The summed E-state index contributed by atoms with van der Waals surface area (Å²) in [6.45, 7) is 1.77. The molecular weight excluding hydrogens is 338 g/mol. The van der Waals surface area contributed by atoms with Crippen molar-refractivity contribution in [3.8, 4) is 0 Å². The van der Waals surface area contributed by atoms with Crippen molar-refractivity contribution in [2.75, 3.05) is 19.1 Å². The maximum absolute atomic E-state index is 12.4. The molecule has 0 saturated heterocycles. The highest BCUT2D eigenvalue weighted by Crippen LogP contribution is 2.11. The summed E-state index contributed by atoms with van der Waals surface area (Å²) in [6, 6.07) is -0.788. The Hall–Kier alpha value is -1.87. The molecule has 0 unspecified atom stereocenters. The van der Waals surface area contributed by atoms with E-state index in [9.17, 15) is 14.4 Å². The molecule has 0 aromatic carbocycles. The van der Waals surface area contributed by atoms with Crippen LogP contribution >= 0.6 is 23.1 Å². The summed E-state index contributed by atoms with van der Waals surface area (Å²) in [7, 11) is 1.26. The third kappa shape index (κ3) is 3.73. The van der Waals surface area contributed by atoms with Crippen molar-refractivity contribution in [3.63, 3.8) is 0 Å². The number of thioether (sulfide) groups is 1. The lowest BCUT2D eigenvalue weighted by Crippen LogP contribution is -2.43. The van der Waals surface area contributed by atoms with Gasteiger partial charge in [-0.05, 0) is 25.4 Å². The van der Waals surface area contributed by atoms with Gasteiger partial charge in [0.05, 0.1) is 7.11 Å². The maximum Gasteiger partial charge on any atom is 0.328 e. The number of carbonyl (C=O) groups is 2. The number of carbonyl (C=O) groups excluding carboxylic acids is 2. The first-order valence-electron chi connectivity index (χ1n) is 6.83. The van der Waals surface area contributed by atoms with Crippen molar-refractivity contribution in [3.05, 3.63) is 33.2 Å². The maximum atomic E-state index is 12.4. The van der Waals surface area contributed by atoms with Gasteiger partial charge in [-0.25, -0.2) is 9.78 Å². The molecule has 1 amide bonds. The standard InChI is InChI=1S/C14H17N3O4S2/c1-8-7-23-14-15-6-9(12(19)17(8)14)11(18)16-10(4-5-22-3)13(20)21-2/h6-7,10H,4-5H2,1-3H3,(H,16,18)/t10-/m1/s1. The number of esters is 1. The molecule has 0 radical (unpaired) electrons. The zero-order valence-corrected chi connectivity index (χ0v) is 14.6. The van der Waals surface area contributed by atoms with Crippen molar-refractivity contribution < 1.29 is 14.3 Å². The Bertz CT molecular complexity index is 784. The fraction of sp³-hybridized carbons (Fsp3) is 0.429. The molecule has 9 heteroatoms. The van der Waals surface area contributed by atoms with Gasteiger partial charge in [0.25, 0.3) is 11.5 Å². The molecular formula is C14H17N3O4S2. The highest BCUT2D eigenvalue weighted by molar-refractivity contribution is 7.98. The smallest absolute Gasteiger partial charge is 0.328 e. The number of amides is 1. The van der Waals surface area contributed by atoms with Crippen molar-refractivity contribution in [2.45, 2.75) is 19.4 Å². The predicted molar refractivity (Wildman–Crippen MR) is 90.3 cm³/mol. The Morgan fingerprint density at radius 1 is 1.52 bits per heavy atom. The summed E-state index contributed by atoms with van der Waals surface area (Å²) in [4.78, 5) is 41.2. The van der Waals surface area contributed by atoms with Gasteiger partial charge >= 0.3 is 5.97 Å². The number of hydrogen-bond donors (Lipinski definition) is 1. The number of hydrogen-bond acceptors (Lipinski definition) is 7. The number of methoxy groups -OCH3 is 1. The molecule has 2 rings (SSSR count). The number of nitrogens with zero attached hydrogens (tertiary/aromatic N) is 2. The first kappa shape index (κ1) is 17.5. The lowest BCUT2D eigenvalue weighted by atomic mass is 10.2. The van der Waals surface area contributed by atoms with E-state index in [0.717, 1.165) is 0 Å². The highest BCUT2D eigenvalue weighted by atomic mass is 32.2. The molecule has 0 fully saturated rings. The van der Waals surface area contributed by atoms with Crippen LogP contribution in [0.15, 0.2) is 16.4 Å². The predicted octanol–water partition coefficient (Wildman–Crippen LogP) is 1.09. The normalized spacial score (nSPS) is 12.1. The third-order valence-corrected chi connectivity index (χ3v) is 4.86. The van der Waals surface area contributed by atoms with E-state index in [0.29, 0.717) is 22.8 Å². The lowest BCUT2D eigenvalue weighted by Gasteiger charge is -2.15. The van der Waals surface area contributed by atoms with Crippen LogP contribution in [0.2, 0.25) is 0 Å². The molecule has 0 aliphatic rings. The second-order valence-electron chi connectivity index (χ2n) is 4.80. The molecule has 7 nitrogen and oxygen atoms in total. The van der Waals surface area contributed by atoms with E-state index in [4.69, 9.17) is 4.74 Å². The summed E-state index contributed by atoms with van der Waals surface area (Å²) in [5.41, 5.74) is 0.172. The number of aryl methyl sites for hydroxylation is 1. The Balaban J connectivity index is 2.28. The van der Waals surface area contributed by atoms with E-state index in [-0.39, 0.29) is 5.56 Å².